The maximum atomic E-state index is 12.4. The standard InChI is InChI=1S/C13H21N3O4/c1-9(2)16(8-4-5-12(18)19)13(20)10-6-7-11(17)15(3)14-10/h9H,4-8H2,1-3H3,(H,18,19). The number of carboxylic acid groups (broad SMARTS) is 1. The van der Waals surface area contributed by atoms with Gasteiger partial charge in [0.25, 0.3) is 5.91 Å². The number of hydrogen-bond acceptors (Lipinski definition) is 4. The molecule has 0 aliphatic carbocycles. The van der Waals surface area contributed by atoms with E-state index >= 15 is 0 Å². The maximum Gasteiger partial charge on any atom is 0.303 e. The number of hydrazone groups is 1. The van der Waals surface area contributed by atoms with Crippen LogP contribution in [0, 0.1) is 0 Å². The molecule has 0 saturated carbocycles. The first-order chi connectivity index (χ1) is 9.32. The van der Waals surface area contributed by atoms with Crippen LogP contribution >= 0.6 is 0 Å². The number of carbonyl (C=O) groups is 3. The molecule has 0 aromatic rings. The van der Waals surface area contributed by atoms with Crippen molar-refractivity contribution in [2.45, 2.75) is 45.6 Å². The van der Waals surface area contributed by atoms with Gasteiger partial charge in [-0.1, -0.05) is 0 Å². The van der Waals surface area contributed by atoms with E-state index in [-0.39, 0.29) is 30.7 Å². The van der Waals surface area contributed by atoms with E-state index in [9.17, 15) is 14.4 Å². The fourth-order valence-electron chi connectivity index (χ4n) is 1.98. The molecule has 1 aliphatic heterocycles. The molecule has 2 amide bonds. The first kappa shape index (κ1) is 16.1. The van der Waals surface area contributed by atoms with E-state index in [0.717, 1.165) is 0 Å². The number of carbonyl (C=O) groups excluding carboxylic acids is 2. The molecule has 0 radical (unpaired) electrons. The van der Waals surface area contributed by atoms with Crippen LogP contribution in [0.15, 0.2) is 5.10 Å². The van der Waals surface area contributed by atoms with Gasteiger partial charge in [0.2, 0.25) is 5.91 Å². The Balaban J connectivity index is 2.71. The highest BCUT2D eigenvalue weighted by Gasteiger charge is 2.27. The van der Waals surface area contributed by atoms with E-state index in [1.807, 2.05) is 13.8 Å². The Morgan fingerprint density at radius 2 is 2.05 bits per heavy atom. The summed E-state index contributed by atoms with van der Waals surface area (Å²) >= 11 is 0. The van der Waals surface area contributed by atoms with Crippen LogP contribution in [0.2, 0.25) is 0 Å². The normalized spacial score (nSPS) is 15.3. The van der Waals surface area contributed by atoms with Gasteiger partial charge in [-0.3, -0.25) is 14.4 Å². The largest absolute Gasteiger partial charge is 0.481 e. The molecule has 0 fully saturated rings. The minimum atomic E-state index is -0.874. The summed E-state index contributed by atoms with van der Waals surface area (Å²) in [5.74, 6) is -1.20. The zero-order valence-corrected chi connectivity index (χ0v) is 12.1. The zero-order chi connectivity index (χ0) is 15.3. The van der Waals surface area contributed by atoms with E-state index < -0.39 is 5.97 Å². The Bertz CT molecular complexity index is 431. The average molecular weight is 283 g/mol. The lowest BCUT2D eigenvalue weighted by Crippen LogP contribution is -2.44. The quantitative estimate of drug-likeness (QED) is 0.776. The van der Waals surface area contributed by atoms with Crippen molar-refractivity contribution in [2.24, 2.45) is 5.10 Å². The molecule has 7 nitrogen and oxygen atoms in total. The maximum absolute atomic E-state index is 12.4. The Hall–Kier alpha value is -1.92. The van der Waals surface area contributed by atoms with Crippen molar-refractivity contribution in [3.05, 3.63) is 0 Å². The van der Waals surface area contributed by atoms with Crippen molar-refractivity contribution >= 4 is 23.5 Å². The average Bonchev–Trinajstić information content (AvgIpc) is 2.36. The Labute approximate surface area is 118 Å². The number of rotatable bonds is 6. The van der Waals surface area contributed by atoms with E-state index in [1.165, 1.54) is 12.1 Å². The van der Waals surface area contributed by atoms with E-state index in [2.05, 4.69) is 5.10 Å². The predicted molar refractivity (Wildman–Crippen MR) is 73.2 cm³/mol. The molecule has 0 saturated heterocycles. The molecule has 0 atom stereocenters. The van der Waals surface area contributed by atoms with Crippen LogP contribution in [-0.4, -0.2) is 58.1 Å². The Kier molecular flexibility index (Phi) is 5.66. The molecule has 0 unspecified atom stereocenters. The molecule has 0 aromatic heterocycles. The van der Waals surface area contributed by atoms with Crippen molar-refractivity contribution < 1.29 is 19.5 Å². The minimum absolute atomic E-state index is 0.0291. The molecule has 1 heterocycles. The van der Waals surface area contributed by atoms with E-state index in [4.69, 9.17) is 5.11 Å². The van der Waals surface area contributed by atoms with Gasteiger partial charge < -0.3 is 10.0 Å². The second-order valence-electron chi connectivity index (χ2n) is 5.05. The zero-order valence-electron chi connectivity index (χ0n) is 12.1. The first-order valence-corrected chi connectivity index (χ1v) is 6.69. The van der Waals surface area contributed by atoms with E-state index in [1.54, 1.807) is 4.90 Å². The van der Waals surface area contributed by atoms with Crippen molar-refractivity contribution in [3.63, 3.8) is 0 Å². The topological polar surface area (TPSA) is 90.3 Å². The van der Waals surface area contributed by atoms with Gasteiger partial charge in [-0.15, -0.1) is 0 Å². The molecule has 20 heavy (non-hydrogen) atoms. The van der Waals surface area contributed by atoms with Gasteiger partial charge >= 0.3 is 5.97 Å². The Morgan fingerprint density at radius 3 is 2.55 bits per heavy atom. The molecular formula is C13H21N3O4. The summed E-state index contributed by atoms with van der Waals surface area (Å²) in [7, 11) is 1.53. The second-order valence-corrected chi connectivity index (χ2v) is 5.05. The van der Waals surface area contributed by atoms with Gasteiger partial charge in [-0.2, -0.15) is 5.10 Å². The summed E-state index contributed by atoms with van der Waals surface area (Å²) in [5.41, 5.74) is 0.358. The Morgan fingerprint density at radius 1 is 1.40 bits per heavy atom. The van der Waals surface area contributed by atoms with Gasteiger partial charge in [0.15, 0.2) is 0 Å². The lowest BCUT2D eigenvalue weighted by Gasteiger charge is -2.29. The van der Waals surface area contributed by atoms with Crippen LogP contribution in [0.25, 0.3) is 0 Å². The second kappa shape index (κ2) is 7.02. The third-order valence-electron chi connectivity index (χ3n) is 3.13. The van der Waals surface area contributed by atoms with Crippen molar-refractivity contribution in [1.29, 1.82) is 0 Å². The van der Waals surface area contributed by atoms with Crippen LogP contribution in [0.3, 0.4) is 0 Å². The number of aliphatic carboxylic acids is 1. The first-order valence-electron chi connectivity index (χ1n) is 6.69. The van der Waals surface area contributed by atoms with Gasteiger partial charge in [0.1, 0.15) is 5.71 Å². The highest BCUT2D eigenvalue weighted by atomic mass is 16.4. The highest BCUT2D eigenvalue weighted by Crippen LogP contribution is 2.12. The minimum Gasteiger partial charge on any atom is -0.481 e. The summed E-state index contributed by atoms with van der Waals surface area (Å²) in [6, 6.07) is -0.0399. The fraction of sp³-hybridized carbons (Fsp3) is 0.692. The highest BCUT2D eigenvalue weighted by molar-refractivity contribution is 6.39. The molecule has 1 aliphatic rings. The third-order valence-corrected chi connectivity index (χ3v) is 3.13. The van der Waals surface area contributed by atoms with Gasteiger partial charge in [0, 0.05) is 38.9 Å². The molecular weight excluding hydrogens is 262 g/mol. The van der Waals surface area contributed by atoms with Gasteiger partial charge in [-0.05, 0) is 20.3 Å². The summed E-state index contributed by atoms with van der Waals surface area (Å²) in [5, 5.41) is 13.8. The van der Waals surface area contributed by atoms with Crippen LogP contribution < -0.4 is 0 Å². The summed E-state index contributed by atoms with van der Waals surface area (Å²) in [6.07, 6.45) is 1.05. The van der Waals surface area contributed by atoms with Crippen molar-refractivity contribution in [2.75, 3.05) is 13.6 Å². The number of carboxylic acids is 1. The smallest absolute Gasteiger partial charge is 0.303 e. The summed E-state index contributed by atoms with van der Waals surface area (Å²) < 4.78 is 0. The van der Waals surface area contributed by atoms with Crippen molar-refractivity contribution in [1.82, 2.24) is 9.91 Å². The third kappa shape index (κ3) is 4.32. The molecule has 1 rings (SSSR count). The molecule has 1 N–H and O–H groups in total. The number of amides is 2. The van der Waals surface area contributed by atoms with Crippen LogP contribution in [0.5, 0.6) is 0 Å². The predicted octanol–water partition coefficient (Wildman–Crippen LogP) is 0.696. The number of nitrogens with zero attached hydrogens (tertiary/aromatic N) is 3. The summed E-state index contributed by atoms with van der Waals surface area (Å²) in [4.78, 5) is 35.9. The fourth-order valence-corrected chi connectivity index (χ4v) is 1.98. The van der Waals surface area contributed by atoms with Crippen LogP contribution in [-0.2, 0) is 14.4 Å². The summed E-state index contributed by atoms with van der Waals surface area (Å²) in [6.45, 7) is 4.12. The molecule has 0 aromatic carbocycles. The lowest BCUT2D eigenvalue weighted by atomic mass is 10.1. The van der Waals surface area contributed by atoms with Gasteiger partial charge in [-0.25, -0.2) is 5.01 Å². The lowest BCUT2D eigenvalue weighted by molar-refractivity contribution is -0.138. The van der Waals surface area contributed by atoms with Crippen LogP contribution in [0.4, 0.5) is 0 Å². The number of hydrogen-bond donors (Lipinski definition) is 1. The molecule has 0 spiro atoms. The molecule has 112 valence electrons. The van der Waals surface area contributed by atoms with Crippen LogP contribution in [0.1, 0.15) is 39.5 Å². The van der Waals surface area contributed by atoms with E-state index in [0.29, 0.717) is 25.1 Å². The SMILES string of the molecule is CC(C)N(CCCC(=O)O)C(=O)C1=NN(C)C(=O)CC1. The monoisotopic (exact) mass is 283 g/mol. The molecule has 7 heteroatoms. The van der Waals surface area contributed by atoms with Gasteiger partial charge in [0.05, 0.1) is 0 Å². The van der Waals surface area contributed by atoms with Crippen molar-refractivity contribution in [3.8, 4) is 0 Å². The molecule has 0 bridgehead atoms.